The van der Waals surface area contributed by atoms with Crippen LogP contribution in [0.1, 0.15) is 0 Å². The monoisotopic (exact) mass is 257 g/mol. The number of hydrogen-bond donors (Lipinski definition) is 1. The van der Waals surface area contributed by atoms with Gasteiger partial charge in [-0.25, -0.2) is 0 Å². The molecule has 0 spiro atoms. The minimum Gasteiger partial charge on any atom is -0.330 e. The number of hydrogen-bond acceptors (Lipinski definition) is 3. The van der Waals surface area contributed by atoms with Gasteiger partial charge in [0.15, 0.2) is 0 Å². The molecule has 1 rings (SSSR count). The first-order valence-corrected chi connectivity index (χ1v) is 6.33. The molecule has 15 heavy (non-hydrogen) atoms. The quantitative estimate of drug-likeness (QED) is 0.896. The Morgan fingerprint density at radius 3 is 2.60 bits per heavy atom. The molecule has 0 aromatic carbocycles. The van der Waals surface area contributed by atoms with Gasteiger partial charge in [0.05, 0.1) is 20.9 Å². The zero-order valence-electron chi connectivity index (χ0n) is 7.66. The molecule has 1 aromatic heterocycles. The van der Waals surface area contributed by atoms with Gasteiger partial charge in [0.2, 0.25) is 0 Å². The van der Waals surface area contributed by atoms with Crippen LogP contribution in [-0.4, -0.2) is 22.7 Å². The molecule has 86 valence electrons. The van der Waals surface area contributed by atoms with Crippen LogP contribution in [0.4, 0.5) is 13.2 Å². The van der Waals surface area contributed by atoms with Crippen molar-refractivity contribution in [1.29, 1.82) is 0 Å². The van der Waals surface area contributed by atoms with Gasteiger partial charge in [0.1, 0.15) is 0 Å². The molecular weight excluding hydrogens is 247 g/mol. The topological polar surface area (TPSA) is 43.1 Å². The maximum absolute atomic E-state index is 12.3. The highest BCUT2D eigenvalue weighted by Gasteiger charge is 2.39. The Kier molecular flexibility index (Phi) is 4.30. The zero-order valence-corrected chi connectivity index (χ0v) is 9.29. The Morgan fingerprint density at radius 2 is 2.20 bits per heavy atom. The molecule has 0 aliphatic rings. The summed E-state index contributed by atoms with van der Waals surface area (Å²) in [5.74, 6) is -2.15. The minimum atomic E-state index is -4.37. The van der Waals surface area contributed by atoms with Crippen molar-refractivity contribution in [3.63, 3.8) is 0 Å². The lowest BCUT2D eigenvalue weighted by Crippen LogP contribution is -2.34. The van der Waals surface area contributed by atoms with Crippen molar-refractivity contribution in [3.05, 3.63) is 17.5 Å². The molecule has 7 heteroatoms. The van der Waals surface area contributed by atoms with Crippen LogP contribution in [0, 0.1) is 5.92 Å². The second-order valence-electron chi connectivity index (χ2n) is 2.92. The number of rotatable bonds is 4. The van der Waals surface area contributed by atoms with Gasteiger partial charge in [0.25, 0.3) is 0 Å². The van der Waals surface area contributed by atoms with Crippen molar-refractivity contribution in [3.8, 4) is 0 Å². The number of halogens is 3. The normalized spacial score (nSPS) is 16.3. The lowest BCUT2D eigenvalue weighted by Gasteiger charge is -2.17. The Morgan fingerprint density at radius 1 is 1.53 bits per heavy atom. The standard InChI is InChI=1S/C8H10F3NOS2/c9-8(10,11)6(4-12)5-15(13)7-2-1-3-14-7/h1-3,6H,4-5,12H2. The predicted octanol–water partition coefficient (Wildman–Crippen LogP) is 1.99. The molecular formula is C8H10F3NOS2. The van der Waals surface area contributed by atoms with Gasteiger partial charge in [0, 0.05) is 12.3 Å². The fourth-order valence-corrected chi connectivity index (χ4v) is 3.29. The average molecular weight is 257 g/mol. The molecule has 0 saturated carbocycles. The lowest BCUT2D eigenvalue weighted by atomic mass is 10.2. The molecule has 0 radical (unpaired) electrons. The summed E-state index contributed by atoms with van der Waals surface area (Å²) in [6, 6.07) is 3.22. The molecule has 0 aliphatic carbocycles. The summed E-state index contributed by atoms with van der Waals surface area (Å²) in [5, 5.41) is 1.68. The predicted molar refractivity (Wildman–Crippen MR) is 54.2 cm³/mol. The molecule has 1 aromatic rings. The number of alkyl halides is 3. The van der Waals surface area contributed by atoms with Crippen molar-refractivity contribution >= 4 is 22.1 Å². The smallest absolute Gasteiger partial charge is 0.330 e. The van der Waals surface area contributed by atoms with Crippen LogP contribution in [-0.2, 0) is 10.8 Å². The van der Waals surface area contributed by atoms with E-state index in [0.29, 0.717) is 4.21 Å². The van der Waals surface area contributed by atoms with Crippen molar-refractivity contribution in [2.75, 3.05) is 12.3 Å². The largest absolute Gasteiger partial charge is 0.393 e. The SMILES string of the molecule is NCC(CS(=O)c1cccs1)C(F)(F)F. The van der Waals surface area contributed by atoms with Crippen LogP contribution in [0.15, 0.2) is 21.7 Å². The lowest BCUT2D eigenvalue weighted by molar-refractivity contribution is -0.165. The van der Waals surface area contributed by atoms with Crippen LogP contribution < -0.4 is 5.73 Å². The van der Waals surface area contributed by atoms with Gasteiger partial charge in [-0.1, -0.05) is 6.07 Å². The number of thiophene rings is 1. The van der Waals surface area contributed by atoms with Crippen molar-refractivity contribution in [1.82, 2.24) is 0 Å². The summed E-state index contributed by atoms with van der Waals surface area (Å²) in [7, 11) is -1.61. The first kappa shape index (κ1) is 12.7. The second-order valence-corrected chi connectivity index (χ2v) is 5.59. The third-order valence-corrected chi connectivity index (χ3v) is 4.62. The van der Waals surface area contributed by atoms with Crippen LogP contribution in [0.5, 0.6) is 0 Å². The summed E-state index contributed by atoms with van der Waals surface area (Å²) in [6.07, 6.45) is -4.37. The molecule has 1 heterocycles. The Balaban J connectivity index is 2.65. The molecule has 2 nitrogen and oxygen atoms in total. The summed E-state index contributed by atoms with van der Waals surface area (Å²) in [6.45, 7) is -0.527. The number of nitrogens with two attached hydrogens (primary N) is 1. The van der Waals surface area contributed by atoms with Gasteiger partial charge >= 0.3 is 6.18 Å². The zero-order chi connectivity index (χ0) is 11.5. The van der Waals surface area contributed by atoms with Crippen molar-refractivity contribution in [2.45, 2.75) is 10.4 Å². The van der Waals surface area contributed by atoms with Crippen molar-refractivity contribution < 1.29 is 17.4 Å². The highest BCUT2D eigenvalue weighted by Crippen LogP contribution is 2.28. The molecule has 0 saturated heterocycles. The van der Waals surface area contributed by atoms with Gasteiger partial charge in [-0.05, 0) is 11.4 Å². The fourth-order valence-electron chi connectivity index (χ4n) is 0.954. The Hall–Kier alpha value is -0.400. The Labute approximate surface area is 91.7 Å². The van der Waals surface area contributed by atoms with E-state index >= 15 is 0 Å². The van der Waals surface area contributed by atoms with Crippen LogP contribution >= 0.6 is 11.3 Å². The van der Waals surface area contributed by atoms with E-state index in [1.54, 1.807) is 17.5 Å². The van der Waals surface area contributed by atoms with Crippen molar-refractivity contribution in [2.24, 2.45) is 11.7 Å². The molecule has 0 aliphatic heterocycles. The van der Waals surface area contributed by atoms with Gasteiger partial charge in [-0.2, -0.15) is 13.2 Å². The highest BCUT2D eigenvalue weighted by atomic mass is 32.2. The molecule has 2 unspecified atom stereocenters. The van der Waals surface area contributed by atoms with Crippen LogP contribution in [0.2, 0.25) is 0 Å². The van der Waals surface area contributed by atoms with Gasteiger partial charge < -0.3 is 5.73 Å². The van der Waals surface area contributed by atoms with E-state index in [4.69, 9.17) is 5.73 Å². The van der Waals surface area contributed by atoms with E-state index in [2.05, 4.69) is 0 Å². The van der Waals surface area contributed by atoms with Gasteiger partial charge in [-0.3, -0.25) is 4.21 Å². The van der Waals surface area contributed by atoms with Crippen LogP contribution in [0.3, 0.4) is 0 Å². The molecule has 0 bridgehead atoms. The first-order chi connectivity index (χ1) is 6.95. The molecule has 2 atom stereocenters. The van der Waals surface area contributed by atoms with E-state index in [0.717, 1.165) is 0 Å². The van der Waals surface area contributed by atoms with Crippen LogP contribution in [0.25, 0.3) is 0 Å². The van der Waals surface area contributed by atoms with Gasteiger partial charge in [-0.15, -0.1) is 11.3 Å². The molecule has 0 fully saturated rings. The fraction of sp³-hybridized carbons (Fsp3) is 0.500. The van der Waals surface area contributed by atoms with E-state index in [1.807, 2.05) is 0 Å². The second kappa shape index (κ2) is 5.09. The summed E-state index contributed by atoms with van der Waals surface area (Å²) >= 11 is 1.19. The first-order valence-electron chi connectivity index (χ1n) is 4.14. The molecule has 0 amide bonds. The summed E-state index contributed by atoms with van der Waals surface area (Å²) in [4.78, 5) is 0. The summed E-state index contributed by atoms with van der Waals surface area (Å²) < 4.78 is 48.9. The molecule has 2 N–H and O–H groups in total. The third kappa shape index (κ3) is 3.58. The van der Waals surface area contributed by atoms with E-state index in [1.165, 1.54) is 11.3 Å². The summed E-state index contributed by atoms with van der Waals surface area (Å²) in [5.41, 5.74) is 5.01. The minimum absolute atomic E-state index is 0.456. The highest BCUT2D eigenvalue weighted by molar-refractivity contribution is 7.87. The maximum atomic E-state index is 12.3. The Bertz CT molecular complexity index is 323. The van der Waals surface area contributed by atoms with E-state index in [-0.39, 0.29) is 0 Å². The van der Waals surface area contributed by atoms with E-state index in [9.17, 15) is 17.4 Å². The maximum Gasteiger partial charge on any atom is 0.393 e. The average Bonchev–Trinajstić information content (AvgIpc) is 2.64. The third-order valence-electron chi connectivity index (χ3n) is 1.82. The van der Waals surface area contributed by atoms with E-state index < -0.39 is 35.2 Å².